The van der Waals surface area contributed by atoms with Crippen LogP contribution in [0.5, 0.6) is 0 Å². The first-order chi connectivity index (χ1) is 8.86. The van der Waals surface area contributed by atoms with Gasteiger partial charge in [0.25, 0.3) is 0 Å². The molecule has 0 aliphatic carbocycles. The minimum Gasteiger partial charge on any atom is -0.396 e. The number of hydrogen-bond acceptors (Lipinski definition) is 4. The maximum atomic E-state index is 9.30. The quantitative estimate of drug-likeness (QED) is 0.821. The summed E-state index contributed by atoms with van der Waals surface area (Å²) in [6.45, 7) is 2.30. The Labute approximate surface area is 108 Å². The molecule has 2 aliphatic rings. The molecule has 2 unspecified atom stereocenters. The fourth-order valence-corrected chi connectivity index (χ4v) is 3.07. The summed E-state index contributed by atoms with van der Waals surface area (Å²) in [7, 11) is 0. The van der Waals surface area contributed by atoms with Crippen molar-refractivity contribution in [3.8, 4) is 0 Å². The molecule has 0 spiro atoms. The number of piperidine rings is 1. The molecule has 1 fully saturated rings. The second-order valence-electron chi connectivity index (χ2n) is 5.58. The number of rotatable bonds is 3. The lowest BCUT2D eigenvalue weighted by Gasteiger charge is -2.26. The third kappa shape index (κ3) is 2.42. The van der Waals surface area contributed by atoms with Crippen molar-refractivity contribution in [2.24, 2.45) is 5.92 Å². The van der Waals surface area contributed by atoms with Crippen molar-refractivity contribution < 1.29 is 5.11 Å². The van der Waals surface area contributed by atoms with Crippen molar-refractivity contribution in [1.29, 1.82) is 0 Å². The van der Waals surface area contributed by atoms with Gasteiger partial charge in [-0.3, -0.25) is 0 Å². The fourth-order valence-electron chi connectivity index (χ4n) is 3.07. The Morgan fingerprint density at radius 1 is 1.28 bits per heavy atom. The van der Waals surface area contributed by atoms with Crippen LogP contribution in [0.4, 0.5) is 0 Å². The SMILES string of the molecule is OCC1CCc2nnc(CC3CCCCN3)n2C1. The van der Waals surface area contributed by atoms with Gasteiger partial charge in [0.1, 0.15) is 11.6 Å². The average molecular weight is 250 g/mol. The number of aromatic nitrogens is 3. The Morgan fingerprint density at radius 3 is 3.00 bits per heavy atom. The van der Waals surface area contributed by atoms with Crippen LogP contribution < -0.4 is 5.32 Å². The summed E-state index contributed by atoms with van der Waals surface area (Å²) in [6.07, 6.45) is 6.82. The van der Waals surface area contributed by atoms with Gasteiger partial charge in [-0.1, -0.05) is 6.42 Å². The van der Waals surface area contributed by atoms with Gasteiger partial charge in [-0.2, -0.15) is 0 Å². The smallest absolute Gasteiger partial charge is 0.134 e. The van der Waals surface area contributed by atoms with E-state index in [-0.39, 0.29) is 6.61 Å². The van der Waals surface area contributed by atoms with Gasteiger partial charge in [-0.15, -0.1) is 10.2 Å². The molecule has 2 N–H and O–H groups in total. The van der Waals surface area contributed by atoms with Crippen LogP contribution in [-0.4, -0.2) is 39.1 Å². The Kier molecular flexibility index (Phi) is 3.61. The molecular weight excluding hydrogens is 228 g/mol. The monoisotopic (exact) mass is 250 g/mol. The zero-order chi connectivity index (χ0) is 12.4. The predicted molar refractivity (Wildman–Crippen MR) is 68.3 cm³/mol. The van der Waals surface area contributed by atoms with Crippen LogP contribution in [0.15, 0.2) is 0 Å². The lowest BCUT2D eigenvalue weighted by Crippen LogP contribution is -2.36. The van der Waals surface area contributed by atoms with E-state index in [2.05, 4.69) is 20.1 Å². The molecule has 18 heavy (non-hydrogen) atoms. The zero-order valence-electron chi connectivity index (χ0n) is 10.8. The summed E-state index contributed by atoms with van der Waals surface area (Å²) in [5.41, 5.74) is 0. The molecule has 5 nitrogen and oxygen atoms in total. The fraction of sp³-hybridized carbons (Fsp3) is 0.846. The van der Waals surface area contributed by atoms with E-state index >= 15 is 0 Å². The van der Waals surface area contributed by atoms with Gasteiger partial charge in [0, 0.05) is 38.0 Å². The molecule has 100 valence electrons. The normalized spacial score (nSPS) is 28.1. The van der Waals surface area contributed by atoms with E-state index in [9.17, 15) is 5.11 Å². The number of aliphatic hydroxyl groups excluding tert-OH is 1. The van der Waals surface area contributed by atoms with E-state index in [1.165, 1.54) is 19.3 Å². The summed E-state index contributed by atoms with van der Waals surface area (Å²) in [5.74, 6) is 2.58. The van der Waals surface area contributed by atoms with Crippen molar-refractivity contribution >= 4 is 0 Å². The topological polar surface area (TPSA) is 63.0 Å². The number of fused-ring (bicyclic) bond motifs is 1. The van der Waals surface area contributed by atoms with Crippen LogP contribution in [0.2, 0.25) is 0 Å². The second-order valence-corrected chi connectivity index (χ2v) is 5.58. The second kappa shape index (κ2) is 5.36. The van der Waals surface area contributed by atoms with Gasteiger partial charge in [0.05, 0.1) is 0 Å². The molecular formula is C13H22N4O. The molecule has 1 saturated heterocycles. The number of nitrogens with zero attached hydrogens (tertiary/aromatic N) is 3. The molecule has 0 saturated carbocycles. The molecule has 2 aliphatic heterocycles. The highest BCUT2D eigenvalue weighted by atomic mass is 16.3. The van der Waals surface area contributed by atoms with Gasteiger partial charge in [-0.05, 0) is 25.8 Å². The number of hydrogen-bond donors (Lipinski definition) is 2. The molecule has 3 rings (SSSR count). The lowest BCUT2D eigenvalue weighted by atomic mass is 9.99. The minimum atomic E-state index is 0.277. The first-order valence-electron chi connectivity index (χ1n) is 7.12. The first-order valence-corrected chi connectivity index (χ1v) is 7.12. The van der Waals surface area contributed by atoms with E-state index in [0.29, 0.717) is 12.0 Å². The maximum Gasteiger partial charge on any atom is 0.134 e. The molecule has 0 radical (unpaired) electrons. The summed E-state index contributed by atoms with van der Waals surface area (Å²) >= 11 is 0. The number of aliphatic hydroxyl groups is 1. The van der Waals surface area contributed by atoms with E-state index in [0.717, 1.165) is 44.0 Å². The van der Waals surface area contributed by atoms with Gasteiger partial charge in [0.2, 0.25) is 0 Å². The third-order valence-electron chi connectivity index (χ3n) is 4.22. The zero-order valence-corrected chi connectivity index (χ0v) is 10.8. The first kappa shape index (κ1) is 12.1. The van der Waals surface area contributed by atoms with E-state index < -0.39 is 0 Å². The van der Waals surface area contributed by atoms with Gasteiger partial charge >= 0.3 is 0 Å². The van der Waals surface area contributed by atoms with Crippen LogP contribution in [0.1, 0.15) is 37.3 Å². The van der Waals surface area contributed by atoms with E-state index in [1.54, 1.807) is 0 Å². The van der Waals surface area contributed by atoms with Crippen molar-refractivity contribution in [2.45, 2.75) is 51.1 Å². The molecule has 0 bridgehead atoms. The Bertz CT molecular complexity index is 398. The largest absolute Gasteiger partial charge is 0.396 e. The van der Waals surface area contributed by atoms with Crippen molar-refractivity contribution in [3.63, 3.8) is 0 Å². The van der Waals surface area contributed by atoms with Crippen molar-refractivity contribution in [1.82, 2.24) is 20.1 Å². The van der Waals surface area contributed by atoms with Crippen LogP contribution >= 0.6 is 0 Å². The molecule has 0 amide bonds. The minimum absolute atomic E-state index is 0.277. The molecule has 1 aromatic heterocycles. The molecule has 2 atom stereocenters. The molecule has 5 heteroatoms. The van der Waals surface area contributed by atoms with E-state index in [4.69, 9.17) is 0 Å². The predicted octanol–water partition coefficient (Wildman–Crippen LogP) is 0.517. The Balaban J connectivity index is 1.71. The highest BCUT2D eigenvalue weighted by Crippen LogP contribution is 2.21. The van der Waals surface area contributed by atoms with Gasteiger partial charge in [0.15, 0.2) is 0 Å². The van der Waals surface area contributed by atoms with E-state index in [1.807, 2.05) is 0 Å². The summed E-state index contributed by atoms with van der Waals surface area (Å²) in [4.78, 5) is 0. The highest BCUT2D eigenvalue weighted by molar-refractivity contribution is 5.02. The van der Waals surface area contributed by atoms with Gasteiger partial charge < -0.3 is 15.0 Å². The third-order valence-corrected chi connectivity index (χ3v) is 4.22. The maximum absolute atomic E-state index is 9.30. The average Bonchev–Trinajstić information content (AvgIpc) is 2.82. The van der Waals surface area contributed by atoms with Crippen LogP contribution in [0.25, 0.3) is 0 Å². The van der Waals surface area contributed by atoms with Gasteiger partial charge in [-0.25, -0.2) is 0 Å². The van der Waals surface area contributed by atoms with Crippen LogP contribution in [0, 0.1) is 5.92 Å². The highest BCUT2D eigenvalue weighted by Gasteiger charge is 2.24. The van der Waals surface area contributed by atoms with Crippen LogP contribution in [0.3, 0.4) is 0 Å². The lowest BCUT2D eigenvalue weighted by molar-refractivity contribution is 0.189. The van der Waals surface area contributed by atoms with Crippen molar-refractivity contribution in [3.05, 3.63) is 11.6 Å². The summed E-state index contributed by atoms with van der Waals surface area (Å²) in [6, 6.07) is 0.557. The molecule has 0 aromatic carbocycles. The van der Waals surface area contributed by atoms with Crippen LogP contribution in [-0.2, 0) is 19.4 Å². The Morgan fingerprint density at radius 2 is 2.22 bits per heavy atom. The molecule has 3 heterocycles. The van der Waals surface area contributed by atoms with Crippen molar-refractivity contribution in [2.75, 3.05) is 13.2 Å². The summed E-state index contributed by atoms with van der Waals surface area (Å²) in [5, 5.41) is 21.5. The Hall–Kier alpha value is -0.940. The summed E-state index contributed by atoms with van der Waals surface area (Å²) < 4.78 is 2.24. The molecule has 1 aromatic rings. The number of nitrogens with one attached hydrogen (secondary N) is 1. The number of aryl methyl sites for hydroxylation is 1. The standard InChI is InChI=1S/C13H22N4O/c18-9-10-4-5-12-15-16-13(17(12)8-10)7-11-3-1-2-6-14-11/h10-11,14,18H,1-9H2.